The number of hydrogen-bond donors (Lipinski definition) is 1. The lowest BCUT2D eigenvalue weighted by Gasteiger charge is -1.98. The summed E-state index contributed by atoms with van der Waals surface area (Å²) in [6.07, 6.45) is 0.253. The Bertz CT molecular complexity index is 803. The smallest absolute Gasteiger partial charge is 0.188 e. The molecule has 21 heavy (non-hydrogen) atoms. The fourth-order valence-electron chi connectivity index (χ4n) is 2.29. The van der Waals surface area contributed by atoms with Crippen LogP contribution in [0.3, 0.4) is 0 Å². The minimum Gasteiger partial charge on any atom is -0.322 e. The lowest BCUT2D eigenvalue weighted by atomic mass is 10.1. The number of nitrogens with two attached hydrogens (primary N) is 1. The van der Waals surface area contributed by atoms with Crippen LogP contribution in [-0.4, -0.2) is 20.5 Å². The van der Waals surface area contributed by atoms with Gasteiger partial charge in [-0.05, 0) is 13.0 Å². The van der Waals surface area contributed by atoms with Crippen molar-refractivity contribution in [2.45, 2.75) is 19.4 Å². The van der Waals surface area contributed by atoms with E-state index in [1.54, 1.807) is 10.1 Å². The Hall–Kier alpha value is -2.05. The topological polar surface area (TPSA) is 73.8 Å². The molecule has 0 aliphatic rings. The van der Waals surface area contributed by atoms with Gasteiger partial charge in [0.2, 0.25) is 0 Å². The first kappa shape index (κ1) is 13.9. The van der Waals surface area contributed by atoms with Gasteiger partial charge in [0.05, 0.1) is 23.7 Å². The summed E-state index contributed by atoms with van der Waals surface area (Å²) < 4.78 is 1.80. The van der Waals surface area contributed by atoms with E-state index in [9.17, 15) is 4.79 Å². The maximum absolute atomic E-state index is 12.4. The number of ketones is 1. The predicted molar refractivity (Wildman–Crippen MR) is 83.5 cm³/mol. The van der Waals surface area contributed by atoms with Crippen LogP contribution in [0.4, 0.5) is 0 Å². The lowest BCUT2D eigenvalue weighted by molar-refractivity contribution is 0.0988. The average molecular weight is 300 g/mol. The molecule has 1 aromatic carbocycles. The number of nitrogens with zero attached hydrogens (tertiary/aromatic N) is 3. The number of hydrogen-bond acceptors (Lipinski definition) is 5. The summed E-state index contributed by atoms with van der Waals surface area (Å²) in [5.41, 5.74) is 8.06. The van der Waals surface area contributed by atoms with Crippen LogP contribution in [-0.2, 0) is 13.5 Å². The molecule has 1 unspecified atom stereocenters. The van der Waals surface area contributed by atoms with E-state index in [4.69, 9.17) is 5.73 Å². The lowest BCUT2D eigenvalue weighted by Crippen LogP contribution is -2.08. The van der Waals surface area contributed by atoms with Crippen LogP contribution in [0.2, 0.25) is 0 Å². The van der Waals surface area contributed by atoms with Crippen molar-refractivity contribution in [2.75, 3.05) is 0 Å². The van der Waals surface area contributed by atoms with Crippen LogP contribution in [0.15, 0.2) is 29.6 Å². The van der Waals surface area contributed by atoms with Crippen LogP contribution in [0, 0.1) is 0 Å². The van der Waals surface area contributed by atoms with Gasteiger partial charge in [0.1, 0.15) is 10.7 Å². The van der Waals surface area contributed by atoms with E-state index in [2.05, 4.69) is 10.1 Å². The number of carbonyl (C=O) groups is 1. The number of fused-ring (bicyclic) bond motifs is 1. The van der Waals surface area contributed by atoms with Crippen molar-refractivity contribution in [1.29, 1.82) is 0 Å². The van der Waals surface area contributed by atoms with Gasteiger partial charge >= 0.3 is 0 Å². The molecule has 0 amide bonds. The highest BCUT2D eigenvalue weighted by atomic mass is 32.1. The number of Topliss-reactive ketones (excluding diaryl/α,β-unsaturated/α-hetero) is 1. The number of rotatable bonds is 4. The van der Waals surface area contributed by atoms with Gasteiger partial charge in [0.25, 0.3) is 0 Å². The largest absolute Gasteiger partial charge is 0.322 e. The molecule has 0 aliphatic carbocycles. The second-order valence-corrected chi connectivity index (χ2v) is 5.94. The second-order valence-electron chi connectivity index (χ2n) is 5.05. The fraction of sp³-hybridized carbons (Fsp3) is 0.267. The average Bonchev–Trinajstić information content (AvgIpc) is 3.06. The molecule has 2 N–H and O–H groups in total. The van der Waals surface area contributed by atoms with Crippen molar-refractivity contribution in [1.82, 2.24) is 14.8 Å². The van der Waals surface area contributed by atoms with E-state index in [-0.39, 0.29) is 18.2 Å². The first-order chi connectivity index (χ1) is 10.1. The molecule has 0 saturated carbocycles. The van der Waals surface area contributed by atoms with Crippen LogP contribution >= 0.6 is 11.3 Å². The molecule has 5 nitrogen and oxygen atoms in total. The molecule has 2 heterocycles. The van der Waals surface area contributed by atoms with Gasteiger partial charge in [-0.15, -0.1) is 11.3 Å². The number of thiazole rings is 1. The van der Waals surface area contributed by atoms with Crippen molar-refractivity contribution < 1.29 is 4.79 Å². The van der Waals surface area contributed by atoms with Gasteiger partial charge in [-0.3, -0.25) is 9.48 Å². The molecule has 2 aromatic heterocycles. The maximum atomic E-state index is 12.4. The minimum absolute atomic E-state index is 0.0259. The summed E-state index contributed by atoms with van der Waals surface area (Å²) in [6, 6.07) is 7.75. The van der Waals surface area contributed by atoms with Crippen LogP contribution in [0.5, 0.6) is 0 Å². The Morgan fingerprint density at radius 2 is 2.19 bits per heavy atom. The number of aryl methyl sites for hydroxylation is 1. The zero-order chi connectivity index (χ0) is 15.0. The molecule has 1 atom stereocenters. The highest BCUT2D eigenvalue weighted by Gasteiger charge is 2.17. The predicted octanol–water partition coefficient (Wildman–Crippen LogP) is 2.47. The van der Waals surface area contributed by atoms with Crippen molar-refractivity contribution in [2.24, 2.45) is 12.8 Å². The Morgan fingerprint density at radius 1 is 1.43 bits per heavy atom. The summed E-state index contributed by atoms with van der Waals surface area (Å²) in [5.74, 6) is -0.0259. The zero-order valence-corrected chi connectivity index (χ0v) is 12.7. The number of carbonyl (C=O) groups excluding carboxylic acids is 1. The Labute approximate surface area is 126 Å². The molecular weight excluding hydrogens is 284 g/mol. The molecule has 0 fully saturated rings. The first-order valence-electron chi connectivity index (χ1n) is 6.71. The van der Waals surface area contributed by atoms with Crippen LogP contribution in [0.25, 0.3) is 10.9 Å². The van der Waals surface area contributed by atoms with E-state index in [1.165, 1.54) is 11.3 Å². The highest BCUT2D eigenvalue weighted by molar-refractivity contribution is 7.09. The van der Waals surface area contributed by atoms with Crippen molar-refractivity contribution in [3.63, 3.8) is 0 Å². The quantitative estimate of drug-likeness (QED) is 0.751. The first-order valence-corrected chi connectivity index (χ1v) is 7.59. The third kappa shape index (κ3) is 2.59. The molecule has 0 aliphatic heterocycles. The van der Waals surface area contributed by atoms with E-state index < -0.39 is 0 Å². The third-order valence-electron chi connectivity index (χ3n) is 3.36. The number of aromatic nitrogens is 3. The molecule has 0 spiro atoms. The molecule has 0 saturated heterocycles. The molecule has 0 bridgehead atoms. The second kappa shape index (κ2) is 5.38. The molecule has 3 aromatic rings. The summed E-state index contributed by atoms with van der Waals surface area (Å²) in [5, 5.41) is 8.01. The van der Waals surface area contributed by atoms with E-state index >= 15 is 0 Å². The van der Waals surface area contributed by atoms with Gasteiger partial charge in [-0.1, -0.05) is 18.2 Å². The Kier molecular flexibility index (Phi) is 3.57. The maximum Gasteiger partial charge on any atom is 0.188 e. The summed E-state index contributed by atoms with van der Waals surface area (Å²) in [4.78, 5) is 16.7. The van der Waals surface area contributed by atoms with E-state index in [0.717, 1.165) is 21.6 Å². The normalized spacial score (nSPS) is 12.7. The monoisotopic (exact) mass is 300 g/mol. The zero-order valence-electron chi connectivity index (χ0n) is 11.9. The van der Waals surface area contributed by atoms with E-state index in [0.29, 0.717) is 5.69 Å². The summed E-state index contributed by atoms with van der Waals surface area (Å²) >= 11 is 1.42. The van der Waals surface area contributed by atoms with Crippen molar-refractivity contribution in [3.05, 3.63) is 46.0 Å². The van der Waals surface area contributed by atoms with Crippen LogP contribution in [0.1, 0.15) is 34.2 Å². The Balaban J connectivity index is 1.89. The molecule has 108 valence electrons. The summed E-state index contributed by atoms with van der Waals surface area (Å²) in [7, 11) is 1.88. The van der Waals surface area contributed by atoms with Gasteiger partial charge in [-0.25, -0.2) is 4.98 Å². The molecule has 6 heteroatoms. The van der Waals surface area contributed by atoms with Crippen molar-refractivity contribution in [3.8, 4) is 0 Å². The van der Waals surface area contributed by atoms with Gasteiger partial charge in [0.15, 0.2) is 5.78 Å². The fourth-order valence-corrected chi connectivity index (χ4v) is 3.07. The van der Waals surface area contributed by atoms with E-state index in [1.807, 2.05) is 38.2 Å². The third-order valence-corrected chi connectivity index (χ3v) is 4.41. The highest BCUT2D eigenvalue weighted by Crippen LogP contribution is 2.21. The standard InChI is InChI=1S/C15H16N4OS/c1-9(16)15-17-12(8-21-15)14(20)7-11-10-5-3-4-6-13(10)19(2)18-11/h3-6,8-9H,7,16H2,1-2H3. The van der Waals surface area contributed by atoms with Gasteiger partial charge < -0.3 is 5.73 Å². The summed E-state index contributed by atoms with van der Waals surface area (Å²) in [6.45, 7) is 1.86. The van der Waals surface area contributed by atoms with Crippen molar-refractivity contribution >= 4 is 28.0 Å². The van der Waals surface area contributed by atoms with Gasteiger partial charge in [0, 0.05) is 17.8 Å². The number of para-hydroxylation sites is 1. The minimum atomic E-state index is -0.146. The van der Waals surface area contributed by atoms with Gasteiger partial charge in [-0.2, -0.15) is 5.10 Å². The number of benzene rings is 1. The SMILES string of the molecule is CC(N)c1nc(C(=O)Cc2nn(C)c3ccccc23)cs1. The Morgan fingerprint density at radius 3 is 2.90 bits per heavy atom. The molecular formula is C15H16N4OS. The molecule has 3 rings (SSSR count). The van der Waals surface area contributed by atoms with Crippen LogP contribution < -0.4 is 5.73 Å². The molecule has 0 radical (unpaired) electrons.